The van der Waals surface area contributed by atoms with Gasteiger partial charge < -0.3 is 15.5 Å². The van der Waals surface area contributed by atoms with E-state index >= 15 is 0 Å². The number of carbonyl (C=O) groups excluding carboxylic acids is 1. The molecule has 1 heterocycles. The van der Waals surface area contributed by atoms with Crippen molar-refractivity contribution in [3.63, 3.8) is 0 Å². The quantitative estimate of drug-likeness (QED) is 0.802. The average Bonchev–Trinajstić information content (AvgIpc) is 2.74. The lowest BCUT2D eigenvalue weighted by atomic mass is 9.90. The summed E-state index contributed by atoms with van der Waals surface area (Å²) in [7, 11) is 0. The van der Waals surface area contributed by atoms with E-state index in [4.69, 9.17) is 10.2 Å². The first kappa shape index (κ1) is 12.8. The molecule has 4 nitrogen and oxygen atoms in total. The summed E-state index contributed by atoms with van der Waals surface area (Å²) in [5.74, 6) is 0.772. The highest BCUT2D eigenvalue weighted by Gasteiger charge is 2.18. The second-order valence-electron chi connectivity index (χ2n) is 4.67. The molecule has 0 bridgehead atoms. The lowest BCUT2D eigenvalue weighted by molar-refractivity contribution is 0.0906. The Labute approximate surface area is 96.2 Å². The van der Waals surface area contributed by atoms with Crippen LogP contribution in [-0.2, 0) is 6.54 Å². The molecule has 4 heteroatoms. The Morgan fingerprint density at radius 1 is 1.50 bits per heavy atom. The maximum atomic E-state index is 11.7. The number of hydrogen-bond acceptors (Lipinski definition) is 3. The van der Waals surface area contributed by atoms with Gasteiger partial charge in [-0.3, -0.25) is 4.79 Å². The Morgan fingerprint density at radius 3 is 2.69 bits per heavy atom. The van der Waals surface area contributed by atoms with E-state index in [0.29, 0.717) is 24.6 Å². The van der Waals surface area contributed by atoms with Crippen LogP contribution in [0.5, 0.6) is 0 Å². The van der Waals surface area contributed by atoms with Crippen LogP contribution in [0.3, 0.4) is 0 Å². The second-order valence-corrected chi connectivity index (χ2v) is 4.67. The number of furan rings is 1. The van der Waals surface area contributed by atoms with Gasteiger partial charge in [-0.2, -0.15) is 0 Å². The Hall–Kier alpha value is -1.29. The van der Waals surface area contributed by atoms with Crippen molar-refractivity contribution >= 4 is 5.91 Å². The predicted molar refractivity (Wildman–Crippen MR) is 63.0 cm³/mol. The molecule has 0 radical (unpaired) electrons. The Morgan fingerprint density at radius 2 is 2.19 bits per heavy atom. The topological polar surface area (TPSA) is 68.3 Å². The highest BCUT2D eigenvalue weighted by molar-refractivity contribution is 5.91. The first-order chi connectivity index (χ1) is 7.48. The van der Waals surface area contributed by atoms with Crippen LogP contribution in [0.25, 0.3) is 0 Å². The first-order valence-electron chi connectivity index (χ1n) is 5.55. The Kier molecular flexibility index (Phi) is 4.12. The molecule has 0 aromatic carbocycles. The highest BCUT2D eigenvalue weighted by atomic mass is 16.4. The largest absolute Gasteiger partial charge is 0.455 e. The zero-order valence-corrected chi connectivity index (χ0v) is 10.2. The molecule has 0 saturated carbocycles. The zero-order chi connectivity index (χ0) is 12.2. The van der Waals surface area contributed by atoms with Crippen LogP contribution in [0.15, 0.2) is 16.5 Å². The van der Waals surface area contributed by atoms with Crippen molar-refractivity contribution in [2.24, 2.45) is 11.1 Å². The molecule has 3 N–H and O–H groups in total. The number of amides is 1. The molecule has 0 atom stereocenters. The molecule has 0 unspecified atom stereocenters. The minimum Gasteiger partial charge on any atom is -0.455 e. The summed E-state index contributed by atoms with van der Waals surface area (Å²) in [5.41, 5.74) is 5.51. The van der Waals surface area contributed by atoms with Crippen LogP contribution in [0, 0.1) is 5.41 Å². The fourth-order valence-electron chi connectivity index (χ4n) is 1.14. The molecular weight excluding hydrogens is 204 g/mol. The molecule has 1 rings (SSSR count). The summed E-state index contributed by atoms with van der Waals surface area (Å²) in [6, 6.07) is 3.37. The van der Waals surface area contributed by atoms with Crippen LogP contribution in [-0.4, -0.2) is 12.5 Å². The van der Waals surface area contributed by atoms with E-state index in [9.17, 15) is 4.79 Å². The van der Waals surface area contributed by atoms with Gasteiger partial charge in [0.05, 0.1) is 6.54 Å². The standard InChI is InChI=1S/C12H20N2O2/c1-4-12(2,3)8-14-11(15)10-6-5-9(7-13)16-10/h5-6H,4,7-8,13H2,1-3H3,(H,14,15). The van der Waals surface area contributed by atoms with Crippen LogP contribution in [0.1, 0.15) is 43.5 Å². The highest BCUT2D eigenvalue weighted by Crippen LogP contribution is 2.18. The molecule has 1 aromatic heterocycles. The molecule has 0 spiro atoms. The first-order valence-corrected chi connectivity index (χ1v) is 5.55. The van der Waals surface area contributed by atoms with Crippen LogP contribution >= 0.6 is 0 Å². The molecule has 16 heavy (non-hydrogen) atoms. The van der Waals surface area contributed by atoms with Crippen LogP contribution in [0.4, 0.5) is 0 Å². The van der Waals surface area contributed by atoms with Gasteiger partial charge in [-0.15, -0.1) is 0 Å². The fraction of sp³-hybridized carbons (Fsp3) is 0.583. The lowest BCUT2D eigenvalue weighted by Crippen LogP contribution is -2.33. The van der Waals surface area contributed by atoms with Crippen molar-refractivity contribution in [3.8, 4) is 0 Å². The maximum Gasteiger partial charge on any atom is 0.287 e. The van der Waals surface area contributed by atoms with E-state index in [-0.39, 0.29) is 11.3 Å². The van der Waals surface area contributed by atoms with Crippen molar-refractivity contribution in [2.75, 3.05) is 6.54 Å². The fourth-order valence-corrected chi connectivity index (χ4v) is 1.14. The van der Waals surface area contributed by atoms with E-state index in [1.54, 1.807) is 12.1 Å². The summed E-state index contributed by atoms with van der Waals surface area (Å²) in [4.78, 5) is 11.7. The minimum atomic E-state index is -0.179. The predicted octanol–water partition coefficient (Wildman–Crippen LogP) is 1.90. The van der Waals surface area contributed by atoms with Crippen molar-refractivity contribution in [3.05, 3.63) is 23.7 Å². The number of nitrogens with one attached hydrogen (secondary N) is 1. The van der Waals surface area contributed by atoms with E-state index in [2.05, 4.69) is 26.1 Å². The van der Waals surface area contributed by atoms with Gasteiger partial charge in [-0.1, -0.05) is 20.8 Å². The molecule has 0 aliphatic rings. The molecule has 1 amide bonds. The molecule has 0 aliphatic heterocycles. The van der Waals surface area contributed by atoms with Crippen molar-refractivity contribution < 1.29 is 9.21 Å². The average molecular weight is 224 g/mol. The van der Waals surface area contributed by atoms with E-state index < -0.39 is 0 Å². The summed E-state index contributed by atoms with van der Waals surface area (Å²) in [6.07, 6.45) is 1.01. The third kappa shape index (κ3) is 3.38. The summed E-state index contributed by atoms with van der Waals surface area (Å²) in [6.45, 7) is 7.28. The summed E-state index contributed by atoms with van der Waals surface area (Å²) in [5, 5.41) is 2.85. The Balaban J connectivity index is 2.53. The Bertz CT molecular complexity index is 356. The molecule has 1 aromatic rings. The molecule has 0 aliphatic carbocycles. The lowest BCUT2D eigenvalue weighted by Gasteiger charge is -2.22. The molecule has 0 fully saturated rings. The number of rotatable bonds is 5. The van der Waals surface area contributed by atoms with Gasteiger partial charge in [0.25, 0.3) is 5.91 Å². The van der Waals surface area contributed by atoms with Gasteiger partial charge in [0.15, 0.2) is 5.76 Å². The maximum absolute atomic E-state index is 11.7. The van der Waals surface area contributed by atoms with Gasteiger partial charge in [-0.05, 0) is 24.0 Å². The summed E-state index contributed by atoms with van der Waals surface area (Å²) < 4.78 is 5.26. The molecule has 90 valence electrons. The smallest absolute Gasteiger partial charge is 0.287 e. The van der Waals surface area contributed by atoms with E-state index in [0.717, 1.165) is 6.42 Å². The van der Waals surface area contributed by atoms with Gasteiger partial charge in [0.1, 0.15) is 5.76 Å². The van der Waals surface area contributed by atoms with Gasteiger partial charge >= 0.3 is 0 Å². The van der Waals surface area contributed by atoms with Crippen LogP contribution < -0.4 is 11.1 Å². The minimum absolute atomic E-state index is 0.110. The molecular formula is C12H20N2O2. The third-order valence-corrected chi connectivity index (χ3v) is 2.77. The monoisotopic (exact) mass is 224 g/mol. The third-order valence-electron chi connectivity index (χ3n) is 2.77. The van der Waals surface area contributed by atoms with Gasteiger partial charge in [0.2, 0.25) is 0 Å². The second kappa shape index (κ2) is 5.16. The summed E-state index contributed by atoms with van der Waals surface area (Å²) >= 11 is 0. The van der Waals surface area contributed by atoms with Crippen molar-refractivity contribution in [2.45, 2.75) is 33.7 Å². The van der Waals surface area contributed by atoms with Gasteiger partial charge in [0, 0.05) is 6.54 Å². The van der Waals surface area contributed by atoms with E-state index in [1.165, 1.54) is 0 Å². The van der Waals surface area contributed by atoms with Crippen molar-refractivity contribution in [1.29, 1.82) is 0 Å². The van der Waals surface area contributed by atoms with Gasteiger partial charge in [-0.25, -0.2) is 0 Å². The number of hydrogen-bond donors (Lipinski definition) is 2. The van der Waals surface area contributed by atoms with Crippen LogP contribution in [0.2, 0.25) is 0 Å². The molecule has 0 saturated heterocycles. The zero-order valence-electron chi connectivity index (χ0n) is 10.2. The number of nitrogens with two attached hydrogens (primary N) is 1. The van der Waals surface area contributed by atoms with E-state index in [1.807, 2.05) is 0 Å². The normalized spacial score (nSPS) is 11.5. The SMILES string of the molecule is CCC(C)(C)CNC(=O)c1ccc(CN)o1. The van der Waals surface area contributed by atoms with Crippen molar-refractivity contribution in [1.82, 2.24) is 5.32 Å². The number of carbonyl (C=O) groups is 1.